The number of aromatic amines is 1. The zero-order valence-corrected chi connectivity index (χ0v) is 12.6. The van der Waals surface area contributed by atoms with Crippen molar-refractivity contribution in [3.8, 4) is 0 Å². The lowest BCUT2D eigenvalue weighted by atomic mass is 9.91. The smallest absolute Gasteiger partial charge is 0.275 e. The first-order valence-corrected chi connectivity index (χ1v) is 7.26. The molecule has 1 N–H and O–H groups in total. The predicted molar refractivity (Wildman–Crippen MR) is 79.1 cm³/mol. The van der Waals surface area contributed by atoms with Crippen molar-refractivity contribution in [1.82, 2.24) is 19.5 Å². The molecule has 108 valence electrons. The van der Waals surface area contributed by atoms with Crippen molar-refractivity contribution < 1.29 is 0 Å². The molecule has 5 nitrogen and oxygen atoms in total. The second-order valence-electron chi connectivity index (χ2n) is 6.16. The van der Waals surface area contributed by atoms with Gasteiger partial charge in [-0.2, -0.15) is 0 Å². The Bertz CT molecular complexity index is 700. The molecular weight excluding hydrogens is 252 g/mol. The number of nitrogens with zero attached hydrogens (tertiary/aromatic N) is 3. The summed E-state index contributed by atoms with van der Waals surface area (Å²) in [5.74, 6) is 0.718. The van der Waals surface area contributed by atoms with E-state index in [1.54, 1.807) is 4.52 Å². The quantitative estimate of drug-likeness (QED) is 0.866. The maximum absolute atomic E-state index is 12.3. The molecule has 0 amide bonds. The molecule has 2 aromatic rings. The van der Waals surface area contributed by atoms with Crippen LogP contribution in [0.3, 0.4) is 0 Å². The van der Waals surface area contributed by atoms with E-state index in [4.69, 9.17) is 0 Å². The standard InChI is InChI=1S/C15H22N4O/c1-9-5-6-18(4)13(7-9)12-8-14-16-11(3)10(2)15(20)19(14)17-12/h8-9,13,17H,5-7H2,1-4H3. The summed E-state index contributed by atoms with van der Waals surface area (Å²) in [7, 11) is 2.15. The monoisotopic (exact) mass is 274 g/mol. The Morgan fingerprint density at radius 1 is 1.40 bits per heavy atom. The van der Waals surface area contributed by atoms with Crippen molar-refractivity contribution in [2.24, 2.45) is 5.92 Å². The zero-order chi connectivity index (χ0) is 14.4. The van der Waals surface area contributed by atoms with Gasteiger partial charge in [-0.05, 0) is 46.2 Å². The molecule has 3 rings (SSSR count). The number of rotatable bonds is 1. The molecule has 0 saturated carbocycles. The van der Waals surface area contributed by atoms with Gasteiger partial charge in [0.2, 0.25) is 0 Å². The molecule has 2 aromatic heterocycles. The first-order chi connectivity index (χ1) is 9.47. The Labute approximate surface area is 118 Å². The van der Waals surface area contributed by atoms with Crippen molar-refractivity contribution in [2.75, 3.05) is 13.6 Å². The molecule has 1 aliphatic rings. The predicted octanol–water partition coefficient (Wildman–Crippen LogP) is 2.04. The van der Waals surface area contributed by atoms with Crippen LogP contribution in [-0.4, -0.2) is 33.1 Å². The lowest BCUT2D eigenvalue weighted by molar-refractivity contribution is 0.146. The van der Waals surface area contributed by atoms with Crippen LogP contribution in [0.2, 0.25) is 0 Å². The molecular formula is C15H22N4O. The number of aromatic nitrogens is 3. The SMILES string of the molecule is Cc1nc2cc(C3CC(C)CCN3C)[nH]n2c(=O)c1C. The Balaban J connectivity index is 2.09. The maximum Gasteiger partial charge on any atom is 0.275 e. The fourth-order valence-corrected chi connectivity index (χ4v) is 3.03. The van der Waals surface area contributed by atoms with Gasteiger partial charge in [-0.3, -0.25) is 14.8 Å². The number of nitrogens with one attached hydrogen (secondary N) is 1. The molecule has 0 spiro atoms. The van der Waals surface area contributed by atoms with Crippen LogP contribution in [0.25, 0.3) is 5.65 Å². The van der Waals surface area contributed by atoms with Gasteiger partial charge in [0.15, 0.2) is 5.65 Å². The molecule has 0 bridgehead atoms. The molecule has 3 heterocycles. The first kappa shape index (κ1) is 13.4. The molecule has 0 radical (unpaired) electrons. The van der Waals surface area contributed by atoms with E-state index in [1.807, 2.05) is 19.9 Å². The minimum atomic E-state index is 0.00487. The average molecular weight is 274 g/mol. The maximum atomic E-state index is 12.3. The van der Waals surface area contributed by atoms with Gasteiger partial charge in [-0.15, -0.1) is 0 Å². The number of fused-ring (bicyclic) bond motifs is 1. The Morgan fingerprint density at radius 2 is 2.15 bits per heavy atom. The van der Waals surface area contributed by atoms with E-state index < -0.39 is 0 Å². The second kappa shape index (κ2) is 4.74. The highest BCUT2D eigenvalue weighted by molar-refractivity contribution is 5.42. The Morgan fingerprint density at radius 3 is 2.90 bits per heavy atom. The van der Waals surface area contributed by atoms with Crippen molar-refractivity contribution >= 4 is 5.65 Å². The van der Waals surface area contributed by atoms with Gasteiger partial charge in [0, 0.05) is 17.3 Å². The molecule has 5 heteroatoms. The van der Waals surface area contributed by atoms with Crippen molar-refractivity contribution in [3.05, 3.63) is 33.4 Å². The number of piperidine rings is 1. The van der Waals surface area contributed by atoms with Crippen LogP contribution in [0.4, 0.5) is 0 Å². The topological polar surface area (TPSA) is 53.4 Å². The summed E-state index contributed by atoms with van der Waals surface area (Å²) in [6.45, 7) is 7.10. The summed E-state index contributed by atoms with van der Waals surface area (Å²) in [6, 6.07) is 2.37. The largest absolute Gasteiger partial charge is 0.298 e. The minimum Gasteiger partial charge on any atom is -0.298 e. The summed E-state index contributed by atoms with van der Waals surface area (Å²) in [5.41, 5.74) is 3.34. The van der Waals surface area contributed by atoms with Crippen LogP contribution in [-0.2, 0) is 0 Å². The fraction of sp³-hybridized carbons (Fsp3) is 0.600. The van der Waals surface area contributed by atoms with E-state index in [0.29, 0.717) is 11.6 Å². The van der Waals surface area contributed by atoms with Crippen LogP contribution in [0, 0.1) is 19.8 Å². The van der Waals surface area contributed by atoms with Crippen molar-refractivity contribution in [2.45, 2.75) is 39.7 Å². The summed E-state index contributed by atoms with van der Waals surface area (Å²) in [6.07, 6.45) is 2.36. The second-order valence-corrected chi connectivity index (χ2v) is 6.16. The van der Waals surface area contributed by atoms with Gasteiger partial charge in [-0.1, -0.05) is 6.92 Å². The Hall–Kier alpha value is -1.62. The highest BCUT2D eigenvalue weighted by atomic mass is 16.1. The molecule has 0 aliphatic carbocycles. The molecule has 2 atom stereocenters. The van der Waals surface area contributed by atoms with E-state index in [1.165, 1.54) is 6.42 Å². The number of aryl methyl sites for hydroxylation is 1. The van der Waals surface area contributed by atoms with E-state index in [-0.39, 0.29) is 5.56 Å². The summed E-state index contributed by atoms with van der Waals surface area (Å²) < 4.78 is 1.57. The van der Waals surface area contributed by atoms with Crippen molar-refractivity contribution in [3.63, 3.8) is 0 Å². The average Bonchev–Trinajstić information content (AvgIpc) is 2.83. The minimum absolute atomic E-state index is 0.00487. The number of H-pyrrole nitrogens is 1. The lowest BCUT2D eigenvalue weighted by Crippen LogP contribution is -2.33. The number of hydrogen-bond acceptors (Lipinski definition) is 3. The van der Waals surface area contributed by atoms with Gasteiger partial charge in [-0.25, -0.2) is 9.50 Å². The summed E-state index contributed by atoms with van der Waals surface area (Å²) in [5, 5.41) is 3.25. The van der Waals surface area contributed by atoms with Gasteiger partial charge < -0.3 is 0 Å². The Kier molecular flexibility index (Phi) is 3.17. The molecule has 20 heavy (non-hydrogen) atoms. The lowest BCUT2D eigenvalue weighted by Gasteiger charge is -2.35. The van der Waals surface area contributed by atoms with Gasteiger partial charge in [0.1, 0.15) is 0 Å². The van der Waals surface area contributed by atoms with Gasteiger partial charge in [0.05, 0.1) is 11.7 Å². The molecule has 0 aromatic carbocycles. The highest BCUT2D eigenvalue weighted by Crippen LogP contribution is 2.32. The summed E-state index contributed by atoms with van der Waals surface area (Å²) in [4.78, 5) is 19.1. The molecule has 1 aliphatic heterocycles. The normalized spacial score (nSPS) is 24.4. The van der Waals surface area contributed by atoms with Crippen LogP contribution in [0.15, 0.2) is 10.9 Å². The van der Waals surface area contributed by atoms with E-state index >= 15 is 0 Å². The molecule has 2 unspecified atom stereocenters. The van der Waals surface area contributed by atoms with Crippen LogP contribution in [0.1, 0.15) is 42.8 Å². The third kappa shape index (κ3) is 2.06. The highest BCUT2D eigenvalue weighted by Gasteiger charge is 2.26. The van der Waals surface area contributed by atoms with Gasteiger partial charge in [0.25, 0.3) is 5.56 Å². The third-order valence-electron chi connectivity index (χ3n) is 4.59. The third-order valence-corrected chi connectivity index (χ3v) is 4.59. The van der Waals surface area contributed by atoms with E-state index in [9.17, 15) is 4.79 Å². The van der Waals surface area contributed by atoms with Crippen LogP contribution < -0.4 is 5.56 Å². The van der Waals surface area contributed by atoms with Crippen LogP contribution >= 0.6 is 0 Å². The first-order valence-electron chi connectivity index (χ1n) is 7.26. The van der Waals surface area contributed by atoms with Gasteiger partial charge >= 0.3 is 0 Å². The molecule has 1 saturated heterocycles. The number of likely N-dealkylation sites (tertiary alicyclic amines) is 1. The number of hydrogen-bond donors (Lipinski definition) is 1. The molecule has 1 fully saturated rings. The zero-order valence-electron chi connectivity index (χ0n) is 12.6. The summed E-state index contributed by atoms with van der Waals surface area (Å²) >= 11 is 0. The van der Waals surface area contributed by atoms with E-state index in [0.717, 1.165) is 35.9 Å². The van der Waals surface area contributed by atoms with Crippen molar-refractivity contribution in [1.29, 1.82) is 0 Å². The fourth-order valence-electron chi connectivity index (χ4n) is 3.03. The van der Waals surface area contributed by atoms with E-state index in [2.05, 4.69) is 29.0 Å². The van der Waals surface area contributed by atoms with Crippen LogP contribution in [0.5, 0.6) is 0 Å².